The fourth-order valence-corrected chi connectivity index (χ4v) is 5.39. The number of nitrogens with zero attached hydrogens (tertiary/aromatic N) is 2. The fraction of sp³-hybridized carbons (Fsp3) is 0.364. The molecule has 0 radical (unpaired) electrons. The van der Waals surface area contributed by atoms with Crippen LogP contribution < -0.4 is 10.2 Å². The van der Waals surface area contributed by atoms with Gasteiger partial charge in [0.15, 0.2) is 0 Å². The Morgan fingerprint density at radius 3 is 2.67 bits per heavy atom. The molecule has 0 saturated carbocycles. The van der Waals surface area contributed by atoms with E-state index in [-0.39, 0.29) is 16.8 Å². The summed E-state index contributed by atoms with van der Waals surface area (Å²) in [5.74, 6) is 0.284. The first-order chi connectivity index (χ1) is 14.4. The SMILES string of the molecule is CCC(NC(=O)c1ccc2c(c1)S(=O)(=O)N=C1CCCCCN12)c1ccc(Cl)cc1. The van der Waals surface area contributed by atoms with Crippen LogP contribution in [-0.2, 0) is 10.0 Å². The molecule has 2 heterocycles. The second-order valence-corrected chi connectivity index (χ2v) is 9.62. The topological polar surface area (TPSA) is 78.8 Å². The highest BCUT2D eigenvalue weighted by molar-refractivity contribution is 7.90. The van der Waals surface area contributed by atoms with E-state index in [0.29, 0.717) is 35.0 Å². The van der Waals surface area contributed by atoms with Gasteiger partial charge in [0.2, 0.25) is 0 Å². The second-order valence-electron chi connectivity index (χ2n) is 7.61. The molecule has 1 N–H and O–H groups in total. The minimum absolute atomic E-state index is 0.0975. The highest BCUT2D eigenvalue weighted by atomic mass is 35.5. The summed E-state index contributed by atoms with van der Waals surface area (Å²) < 4.78 is 29.6. The number of sulfonamides is 1. The van der Waals surface area contributed by atoms with E-state index in [1.807, 2.05) is 24.0 Å². The predicted octanol–water partition coefficient (Wildman–Crippen LogP) is 4.70. The lowest BCUT2D eigenvalue weighted by Crippen LogP contribution is -2.35. The Morgan fingerprint density at radius 2 is 1.93 bits per heavy atom. The number of hydrogen-bond acceptors (Lipinski definition) is 4. The number of fused-ring (bicyclic) bond motifs is 3. The maximum atomic E-state index is 12.9. The molecule has 1 saturated heterocycles. The quantitative estimate of drug-likeness (QED) is 0.739. The number of rotatable bonds is 4. The van der Waals surface area contributed by atoms with Gasteiger partial charge < -0.3 is 10.2 Å². The number of hydrogen-bond donors (Lipinski definition) is 1. The zero-order chi connectivity index (χ0) is 21.3. The summed E-state index contributed by atoms with van der Waals surface area (Å²) in [6.45, 7) is 2.72. The highest BCUT2D eigenvalue weighted by Crippen LogP contribution is 2.35. The van der Waals surface area contributed by atoms with E-state index >= 15 is 0 Å². The van der Waals surface area contributed by atoms with Crippen LogP contribution in [0.4, 0.5) is 5.69 Å². The molecule has 0 aliphatic carbocycles. The molecule has 1 unspecified atom stereocenters. The third kappa shape index (κ3) is 4.09. The van der Waals surface area contributed by atoms with E-state index in [2.05, 4.69) is 9.71 Å². The zero-order valence-corrected chi connectivity index (χ0v) is 18.3. The predicted molar refractivity (Wildman–Crippen MR) is 119 cm³/mol. The molecular formula is C22H24ClN3O3S. The van der Waals surface area contributed by atoms with Crippen molar-refractivity contribution in [3.8, 4) is 0 Å². The maximum absolute atomic E-state index is 12.9. The number of carbonyl (C=O) groups excluding carboxylic acids is 1. The summed E-state index contributed by atoms with van der Waals surface area (Å²) in [6.07, 6.45) is 4.32. The van der Waals surface area contributed by atoms with Gasteiger partial charge in [0, 0.05) is 23.6 Å². The largest absolute Gasteiger partial charge is 0.345 e. The molecule has 2 aliphatic heterocycles. The average Bonchev–Trinajstić information content (AvgIpc) is 2.97. The number of amidine groups is 1. The van der Waals surface area contributed by atoms with Gasteiger partial charge in [-0.05, 0) is 55.2 Å². The van der Waals surface area contributed by atoms with Crippen molar-refractivity contribution in [2.75, 3.05) is 11.4 Å². The van der Waals surface area contributed by atoms with Crippen LogP contribution in [0.2, 0.25) is 5.02 Å². The molecule has 1 amide bonds. The number of anilines is 1. The van der Waals surface area contributed by atoms with Crippen LogP contribution in [0.15, 0.2) is 51.8 Å². The van der Waals surface area contributed by atoms with Crippen LogP contribution in [0.3, 0.4) is 0 Å². The van der Waals surface area contributed by atoms with Crippen molar-refractivity contribution in [3.63, 3.8) is 0 Å². The summed E-state index contributed by atoms with van der Waals surface area (Å²) in [5, 5.41) is 3.63. The van der Waals surface area contributed by atoms with Crippen molar-refractivity contribution in [2.24, 2.45) is 4.40 Å². The van der Waals surface area contributed by atoms with Gasteiger partial charge in [-0.2, -0.15) is 8.42 Å². The fourth-order valence-electron chi connectivity index (χ4n) is 3.98. The van der Waals surface area contributed by atoms with Crippen LogP contribution in [0, 0.1) is 0 Å². The lowest BCUT2D eigenvalue weighted by atomic mass is 10.0. The summed E-state index contributed by atoms with van der Waals surface area (Å²) in [4.78, 5) is 15.0. The van der Waals surface area contributed by atoms with Crippen molar-refractivity contribution in [3.05, 3.63) is 58.6 Å². The molecule has 1 fully saturated rings. The van der Waals surface area contributed by atoms with E-state index < -0.39 is 10.0 Å². The van der Waals surface area contributed by atoms with Crippen molar-refractivity contribution in [1.29, 1.82) is 0 Å². The van der Waals surface area contributed by atoms with Crippen LogP contribution in [0.25, 0.3) is 0 Å². The highest BCUT2D eigenvalue weighted by Gasteiger charge is 2.32. The molecule has 4 rings (SSSR count). The first kappa shape index (κ1) is 20.9. The van der Waals surface area contributed by atoms with E-state index in [1.54, 1.807) is 24.3 Å². The lowest BCUT2D eigenvalue weighted by Gasteiger charge is -2.29. The molecule has 1 atom stereocenters. The molecule has 2 aromatic rings. The van der Waals surface area contributed by atoms with E-state index in [1.165, 1.54) is 6.07 Å². The van der Waals surface area contributed by atoms with Crippen LogP contribution in [-0.4, -0.2) is 26.7 Å². The molecule has 0 spiro atoms. The lowest BCUT2D eigenvalue weighted by molar-refractivity contribution is 0.0935. The molecule has 0 aromatic heterocycles. The van der Waals surface area contributed by atoms with Gasteiger partial charge in [-0.1, -0.05) is 37.1 Å². The number of nitrogens with one attached hydrogen (secondary N) is 1. The van der Waals surface area contributed by atoms with Crippen LogP contribution in [0.5, 0.6) is 0 Å². The third-order valence-electron chi connectivity index (χ3n) is 5.60. The minimum atomic E-state index is -3.82. The first-order valence-electron chi connectivity index (χ1n) is 10.2. The van der Waals surface area contributed by atoms with E-state index in [9.17, 15) is 13.2 Å². The van der Waals surface area contributed by atoms with Gasteiger partial charge in [0.25, 0.3) is 15.9 Å². The number of carbonyl (C=O) groups is 1. The second kappa shape index (κ2) is 8.40. The Kier molecular flexibility index (Phi) is 5.84. The normalized spacial score (nSPS) is 18.5. The Labute approximate surface area is 182 Å². The molecule has 6 nitrogen and oxygen atoms in total. The summed E-state index contributed by atoms with van der Waals surface area (Å²) in [5.41, 5.74) is 1.86. The van der Waals surface area contributed by atoms with Gasteiger partial charge in [-0.3, -0.25) is 4.79 Å². The van der Waals surface area contributed by atoms with Gasteiger partial charge in [0.1, 0.15) is 10.7 Å². The summed E-state index contributed by atoms with van der Waals surface area (Å²) in [7, 11) is -3.82. The first-order valence-corrected chi connectivity index (χ1v) is 12.0. The molecule has 8 heteroatoms. The average molecular weight is 446 g/mol. The standard InChI is InChI=1S/C22H24ClN3O3S/c1-2-18(15-7-10-17(23)11-8-15)24-22(27)16-9-12-19-20(14-16)30(28,29)25-21-6-4-3-5-13-26(19)21/h7-12,14,18H,2-6,13H2,1H3,(H,24,27). The Hall–Kier alpha value is -2.38. The molecular weight excluding hydrogens is 422 g/mol. The molecule has 158 valence electrons. The monoisotopic (exact) mass is 445 g/mol. The summed E-state index contributed by atoms with van der Waals surface area (Å²) >= 11 is 5.96. The Morgan fingerprint density at radius 1 is 1.17 bits per heavy atom. The van der Waals surface area contributed by atoms with Crippen molar-refractivity contribution in [1.82, 2.24) is 5.32 Å². The number of halogens is 1. The van der Waals surface area contributed by atoms with Crippen LogP contribution in [0.1, 0.15) is 61.0 Å². The smallest absolute Gasteiger partial charge is 0.286 e. The zero-order valence-electron chi connectivity index (χ0n) is 16.8. The maximum Gasteiger partial charge on any atom is 0.286 e. The molecule has 30 heavy (non-hydrogen) atoms. The van der Waals surface area contributed by atoms with Crippen LogP contribution >= 0.6 is 11.6 Å². The van der Waals surface area contributed by atoms with E-state index in [0.717, 1.165) is 31.4 Å². The van der Waals surface area contributed by atoms with Gasteiger partial charge >= 0.3 is 0 Å². The summed E-state index contributed by atoms with van der Waals surface area (Å²) in [6, 6.07) is 12.0. The molecule has 2 aromatic carbocycles. The third-order valence-corrected chi connectivity index (χ3v) is 7.18. The van der Waals surface area contributed by atoms with Gasteiger partial charge in [0.05, 0.1) is 11.7 Å². The number of amides is 1. The Balaban J connectivity index is 1.63. The molecule has 2 aliphatic rings. The van der Waals surface area contributed by atoms with Crippen molar-refractivity contribution < 1.29 is 13.2 Å². The van der Waals surface area contributed by atoms with Gasteiger partial charge in [-0.15, -0.1) is 4.40 Å². The Bertz CT molecular complexity index is 1100. The van der Waals surface area contributed by atoms with E-state index in [4.69, 9.17) is 11.6 Å². The molecule has 0 bridgehead atoms. The van der Waals surface area contributed by atoms with Crippen molar-refractivity contribution >= 4 is 39.1 Å². The minimum Gasteiger partial charge on any atom is -0.345 e. The number of benzene rings is 2. The van der Waals surface area contributed by atoms with Crippen molar-refractivity contribution in [2.45, 2.75) is 50.0 Å². The van der Waals surface area contributed by atoms with Gasteiger partial charge in [-0.25, -0.2) is 0 Å².